The summed E-state index contributed by atoms with van der Waals surface area (Å²) in [6.45, 7) is 0.316. The number of hydrogen-bond donors (Lipinski definition) is 1. The molecule has 1 saturated carbocycles. The van der Waals surface area contributed by atoms with E-state index >= 15 is 0 Å². The molecule has 0 spiro atoms. The summed E-state index contributed by atoms with van der Waals surface area (Å²) in [5.41, 5.74) is 3.08. The first-order valence-electron chi connectivity index (χ1n) is 9.03. The van der Waals surface area contributed by atoms with Gasteiger partial charge in [-0.25, -0.2) is 0 Å². The molecule has 1 aliphatic carbocycles. The van der Waals surface area contributed by atoms with Crippen LogP contribution in [0.2, 0.25) is 0 Å². The SMILES string of the molecule is O=C1c2ccccc2C(=O)N1Cc1ccc(NC2CCCCC2)cc1. The van der Waals surface area contributed by atoms with Gasteiger partial charge in [-0.05, 0) is 42.7 Å². The average molecular weight is 334 g/mol. The van der Waals surface area contributed by atoms with Crippen LogP contribution in [0.1, 0.15) is 58.4 Å². The van der Waals surface area contributed by atoms with Gasteiger partial charge in [-0.1, -0.05) is 43.5 Å². The van der Waals surface area contributed by atoms with E-state index in [9.17, 15) is 9.59 Å². The second-order valence-corrected chi connectivity index (χ2v) is 6.92. The number of hydrogen-bond acceptors (Lipinski definition) is 3. The van der Waals surface area contributed by atoms with E-state index in [2.05, 4.69) is 5.32 Å². The summed E-state index contributed by atoms with van der Waals surface area (Å²) in [5, 5.41) is 3.59. The Labute approximate surface area is 147 Å². The minimum absolute atomic E-state index is 0.204. The molecular formula is C21H22N2O2. The van der Waals surface area contributed by atoms with Gasteiger partial charge >= 0.3 is 0 Å². The number of carbonyl (C=O) groups excluding carboxylic acids is 2. The third-order valence-electron chi connectivity index (χ3n) is 5.15. The summed E-state index contributed by atoms with van der Waals surface area (Å²) in [4.78, 5) is 26.2. The van der Waals surface area contributed by atoms with Crippen LogP contribution in [0, 0.1) is 0 Å². The number of nitrogens with one attached hydrogen (secondary N) is 1. The predicted octanol–water partition coefficient (Wildman–Crippen LogP) is 4.23. The molecule has 1 N–H and O–H groups in total. The smallest absolute Gasteiger partial charge is 0.261 e. The van der Waals surface area contributed by atoms with E-state index in [1.165, 1.54) is 37.0 Å². The summed E-state index contributed by atoms with van der Waals surface area (Å²) in [5.74, 6) is -0.407. The van der Waals surface area contributed by atoms with Gasteiger partial charge < -0.3 is 5.32 Å². The zero-order valence-electron chi connectivity index (χ0n) is 14.2. The van der Waals surface area contributed by atoms with Gasteiger partial charge in [0.25, 0.3) is 11.8 Å². The van der Waals surface area contributed by atoms with Crippen LogP contribution in [-0.2, 0) is 6.54 Å². The Morgan fingerprint density at radius 2 is 1.44 bits per heavy atom. The van der Waals surface area contributed by atoms with Crippen molar-refractivity contribution in [1.82, 2.24) is 4.90 Å². The van der Waals surface area contributed by atoms with Crippen molar-refractivity contribution in [3.05, 3.63) is 65.2 Å². The number of imide groups is 1. The molecule has 2 aromatic rings. The number of amides is 2. The summed E-state index contributed by atoms with van der Waals surface area (Å²) in [7, 11) is 0. The van der Waals surface area contributed by atoms with Crippen LogP contribution in [0.3, 0.4) is 0 Å². The molecule has 0 aromatic heterocycles. The Morgan fingerprint density at radius 1 is 0.840 bits per heavy atom. The number of carbonyl (C=O) groups is 2. The number of rotatable bonds is 4. The van der Waals surface area contributed by atoms with Gasteiger partial charge in [0, 0.05) is 11.7 Å². The molecule has 0 atom stereocenters. The van der Waals surface area contributed by atoms with Crippen molar-refractivity contribution in [3.63, 3.8) is 0 Å². The van der Waals surface area contributed by atoms with Crippen LogP contribution >= 0.6 is 0 Å². The number of anilines is 1. The molecule has 0 unspecified atom stereocenters. The number of benzene rings is 2. The molecule has 0 radical (unpaired) electrons. The van der Waals surface area contributed by atoms with Crippen LogP contribution in [-0.4, -0.2) is 22.8 Å². The topological polar surface area (TPSA) is 49.4 Å². The van der Waals surface area contributed by atoms with Crippen molar-refractivity contribution in [2.75, 3.05) is 5.32 Å². The molecule has 4 nitrogen and oxygen atoms in total. The van der Waals surface area contributed by atoms with Gasteiger partial charge in [-0.15, -0.1) is 0 Å². The molecule has 4 rings (SSSR count). The second kappa shape index (κ2) is 6.71. The Balaban J connectivity index is 1.43. The van der Waals surface area contributed by atoms with Gasteiger partial charge in [0.05, 0.1) is 17.7 Å². The molecule has 2 aromatic carbocycles. The first-order chi connectivity index (χ1) is 12.2. The van der Waals surface area contributed by atoms with Gasteiger partial charge in [-0.3, -0.25) is 14.5 Å². The summed E-state index contributed by atoms with van der Waals surface area (Å²) >= 11 is 0. The maximum atomic E-state index is 12.4. The zero-order valence-corrected chi connectivity index (χ0v) is 14.2. The van der Waals surface area contributed by atoms with E-state index in [4.69, 9.17) is 0 Å². The second-order valence-electron chi connectivity index (χ2n) is 6.92. The normalized spacial score (nSPS) is 17.7. The molecule has 25 heavy (non-hydrogen) atoms. The number of nitrogens with zero attached hydrogens (tertiary/aromatic N) is 1. The van der Waals surface area contributed by atoms with Crippen molar-refractivity contribution in [1.29, 1.82) is 0 Å². The molecule has 0 bridgehead atoms. The standard InChI is InChI=1S/C21H22N2O2/c24-20-18-8-4-5-9-19(18)21(25)23(20)14-15-10-12-17(13-11-15)22-16-6-2-1-3-7-16/h4-5,8-13,16,22H,1-3,6-7,14H2. The molecule has 1 heterocycles. The minimum Gasteiger partial charge on any atom is -0.382 e. The summed E-state index contributed by atoms with van der Waals surface area (Å²) in [6, 6.07) is 15.7. The third kappa shape index (κ3) is 3.16. The fourth-order valence-electron chi connectivity index (χ4n) is 3.75. The largest absolute Gasteiger partial charge is 0.382 e. The molecule has 2 amide bonds. The van der Waals surface area contributed by atoms with E-state index in [1.807, 2.05) is 24.3 Å². The molecule has 0 saturated heterocycles. The monoisotopic (exact) mass is 334 g/mol. The van der Waals surface area contributed by atoms with E-state index < -0.39 is 0 Å². The van der Waals surface area contributed by atoms with Crippen molar-refractivity contribution < 1.29 is 9.59 Å². The summed E-state index contributed by atoms with van der Waals surface area (Å²) < 4.78 is 0. The molecule has 2 aliphatic rings. The quantitative estimate of drug-likeness (QED) is 0.851. The van der Waals surface area contributed by atoms with E-state index in [0.29, 0.717) is 23.7 Å². The summed E-state index contributed by atoms with van der Waals surface area (Å²) in [6.07, 6.45) is 6.41. The Kier molecular flexibility index (Phi) is 4.26. The van der Waals surface area contributed by atoms with Crippen molar-refractivity contribution in [3.8, 4) is 0 Å². The first kappa shape index (κ1) is 15.9. The van der Waals surface area contributed by atoms with Crippen molar-refractivity contribution in [2.24, 2.45) is 0 Å². The van der Waals surface area contributed by atoms with Gasteiger partial charge in [0.1, 0.15) is 0 Å². The molecule has 128 valence electrons. The van der Waals surface area contributed by atoms with Gasteiger partial charge in [0.15, 0.2) is 0 Å². The number of fused-ring (bicyclic) bond motifs is 1. The Bertz CT molecular complexity index is 757. The lowest BCUT2D eigenvalue weighted by atomic mass is 9.95. The van der Waals surface area contributed by atoms with Crippen molar-refractivity contribution in [2.45, 2.75) is 44.7 Å². The highest BCUT2D eigenvalue weighted by molar-refractivity contribution is 6.21. The lowest BCUT2D eigenvalue weighted by molar-refractivity contribution is 0.0642. The van der Waals surface area contributed by atoms with Crippen LogP contribution < -0.4 is 5.32 Å². The van der Waals surface area contributed by atoms with Crippen molar-refractivity contribution >= 4 is 17.5 Å². The van der Waals surface area contributed by atoms with Crippen LogP contribution in [0.4, 0.5) is 5.69 Å². The molecular weight excluding hydrogens is 312 g/mol. The maximum absolute atomic E-state index is 12.4. The zero-order chi connectivity index (χ0) is 17.2. The van der Waals surface area contributed by atoms with Crippen LogP contribution in [0.15, 0.2) is 48.5 Å². The predicted molar refractivity (Wildman–Crippen MR) is 97.6 cm³/mol. The molecule has 1 aliphatic heterocycles. The van der Waals surface area contributed by atoms with Gasteiger partial charge in [0.2, 0.25) is 0 Å². The molecule has 1 fully saturated rings. The highest BCUT2D eigenvalue weighted by atomic mass is 16.2. The molecule has 4 heteroatoms. The minimum atomic E-state index is -0.204. The van der Waals surface area contributed by atoms with Crippen LogP contribution in [0.5, 0.6) is 0 Å². The van der Waals surface area contributed by atoms with E-state index in [1.54, 1.807) is 24.3 Å². The van der Waals surface area contributed by atoms with Crippen LogP contribution in [0.25, 0.3) is 0 Å². The van der Waals surface area contributed by atoms with Gasteiger partial charge in [-0.2, -0.15) is 0 Å². The maximum Gasteiger partial charge on any atom is 0.261 e. The fraction of sp³-hybridized carbons (Fsp3) is 0.333. The fourth-order valence-corrected chi connectivity index (χ4v) is 3.75. The van der Waals surface area contributed by atoms with E-state index in [-0.39, 0.29) is 11.8 Å². The highest BCUT2D eigenvalue weighted by Gasteiger charge is 2.34. The first-order valence-corrected chi connectivity index (χ1v) is 9.03. The Hall–Kier alpha value is -2.62. The Morgan fingerprint density at radius 3 is 2.04 bits per heavy atom. The highest BCUT2D eigenvalue weighted by Crippen LogP contribution is 2.25. The third-order valence-corrected chi connectivity index (χ3v) is 5.15. The lowest BCUT2D eigenvalue weighted by Gasteiger charge is -2.24. The average Bonchev–Trinajstić information content (AvgIpc) is 2.89. The lowest BCUT2D eigenvalue weighted by Crippen LogP contribution is -2.29. The van der Waals surface area contributed by atoms with E-state index in [0.717, 1.165) is 11.3 Å².